The van der Waals surface area contributed by atoms with Crippen LogP contribution in [0, 0.1) is 0 Å². The number of nitrogens with two attached hydrogens (primary N) is 1. The summed E-state index contributed by atoms with van der Waals surface area (Å²) in [4.78, 5) is 0. The maximum atomic E-state index is 6.03. The Morgan fingerprint density at radius 3 is 2.29 bits per heavy atom. The van der Waals surface area contributed by atoms with Gasteiger partial charge in [-0.2, -0.15) is 0 Å². The van der Waals surface area contributed by atoms with Gasteiger partial charge in [-0.05, 0) is 36.8 Å². The van der Waals surface area contributed by atoms with Gasteiger partial charge in [-0.3, -0.25) is 0 Å². The van der Waals surface area contributed by atoms with E-state index in [1.807, 2.05) is 30.3 Å². The maximum Gasteiger partial charge on any atom is 0.118 e. The highest BCUT2D eigenvalue weighted by molar-refractivity contribution is 6.42. The zero-order valence-electron chi connectivity index (χ0n) is 12.3. The van der Waals surface area contributed by atoms with Crippen LogP contribution >= 0.6 is 23.2 Å². The Labute approximate surface area is 136 Å². The average molecular weight is 325 g/mol. The summed E-state index contributed by atoms with van der Waals surface area (Å²) in [6.07, 6.45) is 1.02. The Balaban J connectivity index is 1.86. The summed E-state index contributed by atoms with van der Waals surface area (Å²) in [6.45, 7) is 3.12. The molecule has 1 atom stereocenters. The van der Waals surface area contributed by atoms with E-state index in [-0.39, 0.29) is 0 Å². The molecule has 0 aliphatic rings. The third-order valence-corrected chi connectivity index (χ3v) is 4.20. The van der Waals surface area contributed by atoms with Crippen molar-refractivity contribution in [2.45, 2.75) is 25.9 Å². The van der Waals surface area contributed by atoms with Gasteiger partial charge in [0.05, 0.1) is 23.2 Å². The molecule has 2 aromatic carbocycles. The van der Waals surface area contributed by atoms with Crippen molar-refractivity contribution in [3.8, 4) is 5.75 Å². The highest BCUT2D eigenvalue weighted by Gasteiger charge is 2.08. The molecule has 0 aliphatic carbocycles. The molecule has 0 amide bonds. The summed E-state index contributed by atoms with van der Waals surface area (Å²) in [7, 11) is 1.68. The molecule has 0 saturated heterocycles. The van der Waals surface area contributed by atoms with Crippen molar-refractivity contribution in [2.75, 3.05) is 7.11 Å². The Morgan fingerprint density at radius 2 is 1.67 bits per heavy atom. The van der Waals surface area contributed by atoms with Gasteiger partial charge in [-0.15, -0.1) is 0 Å². The standard InChI is InChI=1S/C17H19Cl2NO/c1-12(9-13-3-6-15(21-2)7-4-13)20-11-14-5-8-16(18)17(19)10-14/h3-8,10,12,20H,9,11H2,1-2H3/p+1/t12-/m1/s1. The molecule has 0 radical (unpaired) electrons. The first kappa shape index (κ1) is 16.2. The summed E-state index contributed by atoms with van der Waals surface area (Å²) >= 11 is 12.0. The van der Waals surface area contributed by atoms with Crippen LogP contribution in [0.1, 0.15) is 18.1 Å². The monoisotopic (exact) mass is 324 g/mol. The lowest BCUT2D eigenvalue weighted by Crippen LogP contribution is -2.88. The van der Waals surface area contributed by atoms with E-state index in [0.717, 1.165) is 18.7 Å². The second kappa shape index (κ2) is 7.69. The summed E-state index contributed by atoms with van der Waals surface area (Å²) < 4.78 is 5.17. The fourth-order valence-electron chi connectivity index (χ4n) is 2.22. The third-order valence-electron chi connectivity index (χ3n) is 3.46. The Bertz CT molecular complexity index is 584. The first-order valence-electron chi connectivity index (χ1n) is 6.98. The molecule has 2 rings (SSSR count). The molecular weight excluding hydrogens is 305 g/mol. The van der Waals surface area contributed by atoms with Crippen LogP contribution in [0.2, 0.25) is 10.0 Å². The van der Waals surface area contributed by atoms with Crippen LogP contribution in [0.15, 0.2) is 42.5 Å². The second-order valence-electron chi connectivity index (χ2n) is 5.22. The Morgan fingerprint density at radius 1 is 1.00 bits per heavy atom. The number of hydrogen-bond acceptors (Lipinski definition) is 1. The number of quaternary nitrogens is 1. The molecule has 0 aliphatic heterocycles. The van der Waals surface area contributed by atoms with Crippen LogP contribution in [-0.2, 0) is 13.0 Å². The zero-order valence-corrected chi connectivity index (χ0v) is 13.8. The van der Waals surface area contributed by atoms with Gasteiger partial charge in [0.1, 0.15) is 12.3 Å². The van der Waals surface area contributed by atoms with E-state index in [9.17, 15) is 0 Å². The lowest BCUT2D eigenvalue weighted by molar-refractivity contribution is -0.701. The largest absolute Gasteiger partial charge is 0.497 e. The third kappa shape index (κ3) is 4.92. The van der Waals surface area contributed by atoms with E-state index in [1.165, 1.54) is 11.1 Å². The number of halogens is 2. The Hall–Kier alpha value is -1.22. The van der Waals surface area contributed by atoms with Crippen molar-refractivity contribution in [3.05, 3.63) is 63.6 Å². The van der Waals surface area contributed by atoms with Crippen LogP contribution in [0.4, 0.5) is 0 Å². The van der Waals surface area contributed by atoms with Gasteiger partial charge in [0, 0.05) is 12.0 Å². The van der Waals surface area contributed by atoms with Gasteiger partial charge in [0.15, 0.2) is 0 Å². The van der Waals surface area contributed by atoms with E-state index < -0.39 is 0 Å². The predicted molar refractivity (Wildman–Crippen MR) is 88.3 cm³/mol. The summed E-state index contributed by atoms with van der Waals surface area (Å²) in [5.41, 5.74) is 2.50. The molecule has 0 bridgehead atoms. The highest BCUT2D eigenvalue weighted by atomic mass is 35.5. The van der Waals surface area contributed by atoms with Crippen LogP contribution in [0.5, 0.6) is 5.75 Å². The smallest absolute Gasteiger partial charge is 0.118 e. The Kier molecular flexibility index (Phi) is 5.92. The van der Waals surface area contributed by atoms with Crippen LogP contribution in [-0.4, -0.2) is 13.2 Å². The molecule has 0 heterocycles. The van der Waals surface area contributed by atoms with Gasteiger partial charge < -0.3 is 10.1 Å². The minimum Gasteiger partial charge on any atom is -0.497 e. The molecule has 0 unspecified atom stereocenters. The van der Waals surface area contributed by atoms with Gasteiger partial charge in [0.25, 0.3) is 0 Å². The fraction of sp³-hybridized carbons (Fsp3) is 0.294. The van der Waals surface area contributed by atoms with Crippen LogP contribution in [0.25, 0.3) is 0 Å². The van der Waals surface area contributed by atoms with Crippen molar-refractivity contribution in [3.63, 3.8) is 0 Å². The molecule has 4 heteroatoms. The van der Waals surface area contributed by atoms with E-state index in [4.69, 9.17) is 27.9 Å². The molecule has 0 fully saturated rings. The molecule has 0 aromatic heterocycles. The van der Waals surface area contributed by atoms with Gasteiger partial charge >= 0.3 is 0 Å². The molecular formula is C17H20Cl2NO+. The molecule has 2 nitrogen and oxygen atoms in total. The molecule has 21 heavy (non-hydrogen) atoms. The number of hydrogen-bond donors (Lipinski definition) is 1. The predicted octanol–water partition coefficient (Wildman–Crippen LogP) is 3.70. The van der Waals surface area contributed by atoms with Crippen molar-refractivity contribution >= 4 is 23.2 Å². The van der Waals surface area contributed by atoms with Crippen LogP contribution in [0.3, 0.4) is 0 Å². The quantitative estimate of drug-likeness (QED) is 0.861. The minimum atomic E-state index is 0.493. The van der Waals surface area contributed by atoms with Gasteiger partial charge in [0.2, 0.25) is 0 Å². The van der Waals surface area contributed by atoms with Crippen molar-refractivity contribution < 1.29 is 10.1 Å². The number of benzene rings is 2. The molecule has 2 aromatic rings. The first-order valence-corrected chi connectivity index (χ1v) is 7.74. The normalized spacial score (nSPS) is 12.2. The van der Waals surface area contributed by atoms with E-state index >= 15 is 0 Å². The summed E-state index contributed by atoms with van der Waals surface area (Å²) in [6, 6.07) is 14.5. The summed E-state index contributed by atoms with van der Waals surface area (Å²) in [5, 5.41) is 3.53. The molecule has 112 valence electrons. The second-order valence-corrected chi connectivity index (χ2v) is 6.03. The van der Waals surface area contributed by atoms with E-state index in [1.54, 1.807) is 7.11 Å². The minimum absolute atomic E-state index is 0.493. The van der Waals surface area contributed by atoms with Crippen molar-refractivity contribution in [2.24, 2.45) is 0 Å². The lowest BCUT2D eigenvalue weighted by atomic mass is 10.1. The van der Waals surface area contributed by atoms with Crippen molar-refractivity contribution in [1.82, 2.24) is 0 Å². The SMILES string of the molecule is COc1ccc(C[C@@H](C)[NH2+]Cc2ccc(Cl)c(Cl)c2)cc1. The van der Waals surface area contributed by atoms with Crippen molar-refractivity contribution in [1.29, 1.82) is 0 Å². The molecule has 0 spiro atoms. The average Bonchev–Trinajstić information content (AvgIpc) is 2.49. The number of ether oxygens (including phenoxy) is 1. The van der Waals surface area contributed by atoms with E-state index in [2.05, 4.69) is 24.4 Å². The lowest BCUT2D eigenvalue weighted by Gasteiger charge is -2.11. The maximum absolute atomic E-state index is 6.03. The zero-order chi connectivity index (χ0) is 15.2. The van der Waals surface area contributed by atoms with Gasteiger partial charge in [-0.25, -0.2) is 0 Å². The fourth-order valence-corrected chi connectivity index (χ4v) is 2.54. The highest BCUT2D eigenvalue weighted by Crippen LogP contribution is 2.22. The topological polar surface area (TPSA) is 25.8 Å². The van der Waals surface area contributed by atoms with E-state index in [0.29, 0.717) is 16.1 Å². The van der Waals surface area contributed by atoms with Crippen LogP contribution < -0.4 is 10.1 Å². The molecule has 0 saturated carbocycles. The molecule has 2 N–H and O–H groups in total. The summed E-state index contributed by atoms with van der Waals surface area (Å²) in [5.74, 6) is 0.895. The number of rotatable bonds is 6. The van der Waals surface area contributed by atoms with Gasteiger partial charge in [-0.1, -0.05) is 41.4 Å². The first-order chi connectivity index (χ1) is 10.1. The number of methoxy groups -OCH3 is 1.